The number of methoxy groups -OCH3 is 1. The van der Waals surface area contributed by atoms with Crippen LogP contribution < -0.4 is 10.1 Å². The van der Waals surface area contributed by atoms with E-state index in [1.165, 1.54) is 23.3 Å². The predicted molar refractivity (Wildman–Crippen MR) is 87.5 cm³/mol. The van der Waals surface area contributed by atoms with Crippen LogP contribution in [0.2, 0.25) is 0 Å². The number of rotatable bonds is 4. The van der Waals surface area contributed by atoms with Crippen molar-refractivity contribution in [2.24, 2.45) is 0 Å². The second-order valence-corrected chi connectivity index (χ2v) is 7.01. The highest BCUT2D eigenvalue weighted by atomic mass is 32.1. The summed E-state index contributed by atoms with van der Waals surface area (Å²) < 4.78 is 5.12. The molecule has 2 aromatic rings. The zero-order valence-electron chi connectivity index (χ0n) is 12.5. The topological polar surface area (TPSA) is 41.6 Å². The summed E-state index contributed by atoms with van der Waals surface area (Å²) in [6, 6.07) is 10.2. The third kappa shape index (κ3) is 2.62. The summed E-state index contributed by atoms with van der Waals surface area (Å²) in [4.78, 5) is 17.0. The number of benzene rings is 1. The fraction of sp³-hybridized carbons (Fsp3) is 0.353. The van der Waals surface area contributed by atoms with Gasteiger partial charge in [0, 0.05) is 29.7 Å². The number of carbonyl (C=O) groups is 1. The summed E-state index contributed by atoms with van der Waals surface area (Å²) in [6.07, 6.45) is 2.67. The second kappa shape index (κ2) is 5.41. The van der Waals surface area contributed by atoms with Crippen molar-refractivity contribution in [3.8, 4) is 5.75 Å². The lowest BCUT2D eigenvalue weighted by Gasteiger charge is -2.12. The lowest BCUT2D eigenvalue weighted by molar-refractivity contribution is 0.103. The molecule has 0 unspecified atom stereocenters. The molecule has 114 valence electrons. The molecule has 1 fully saturated rings. The van der Waals surface area contributed by atoms with E-state index in [2.05, 4.69) is 16.3 Å². The van der Waals surface area contributed by atoms with Gasteiger partial charge in [-0.15, -0.1) is 11.3 Å². The van der Waals surface area contributed by atoms with Crippen molar-refractivity contribution in [1.82, 2.24) is 4.90 Å². The molecule has 1 aromatic carbocycles. The van der Waals surface area contributed by atoms with Gasteiger partial charge >= 0.3 is 0 Å². The van der Waals surface area contributed by atoms with Gasteiger partial charge in [-0.25, -0.2) is 0 Å². The quantitative estimate of drug-likeness (QED) is 0.939. The summed E-state index contributed by atoms with van der Waals surface area (Å²) in [5.41, 5.74) is 2.12. The first-order valence-electron chi connectivity index (χ1n) is 7.54. The zero-order valence-corrected chi connectivity index (χ0v) is 13.3. The SMILES string of the molecule is COc1ccc(NC(=O)c2cc3c(s2)CN(C2CC2)C3)cc1. The van der Waals surface area contributed by atoms with Gasteiger partial charge in [0.05, 0.1) is 12.0 Å². The van der Waals surface area contributed by atoms with Crippen molar-refractivity contribution in [1.29, 1.82) is 0 Å². The van der Waals surface area contributed by atoms with Crippen molar-refractivity contribution in [3.05, 3.63) is 45.6 Å². The van der Waals surface area contributed by atoms with Crippen LogP contribution in [0.15, 0.2) is 30.3 Å². The number of anilines is 1. The minimum absolute atomic E-state index is 0.0254. The lowest BCUT2D eigenvalue weighted by Crippen LogP contribution is -2.18. The Morgan fingerprint density at radius 1 is 1.27 bits per heavy atom. The Bertz CT molecular complexity index is 680. The van der Waals surface area contributed by atoms with Gasteiger partial charge in [0.15, 0.2) is 0 Å². The number of carbonyl (C=O) groups excluding carboxylic acids is 1. The second-order valence-electron chi connectivity index (χ2n) is 5.88. The maximum Gasteiger partial charge on any atom is 0.265 e. The summed E-state index contributed by atoms with van der Waals surface area (Å²) in [7, 11) is 1.63. The minimum Gasteiger partial charge on any atom is -0.497 e. The molecular formula is C17H18N2O2S. The molecule has 2 heterocycles. The van der Waals surface area contributed by atoms with Crippen LogP contribution in [0.5, 0.6) is 5.75 Å². The number of thiophene rings is 1. The average Bonchev–Trinajstić information content (AvgIpc) is 3.18. The standard InChI is InChI=1S/C17H18N2O2S/c1-21-14-6-2-12(3-7-14)18-17(20)15-8-11-9-19(13-4-5-13)10-16(11)22-15/h2-3,6-8,13H,4-5,9-10H2,1H3,(H,18,20). The van der Waals surface area contributed by atoms with Crippen LogP contribution >= 0.6 is 11.3 Å². The Kier molecular flexibility index (Phi) is 3.39. The van der Waals surface area contributed by atoms with Crippen LogP contribution in [0.4, 0.5) is 5.69 Å². The molecule has 0 spiro atoms. The number of nitrogens with zero attached hydrogens (tertiary/aromatic N) is 1. The number of ether oxygens (including phenoxy) is 1. The van der Waals surface area contributed by atoms with E-state index >= 15 is 0 Å². The minimum atomic E-state index is -0.0254. The van der Waals surface area contributed by atoms with Gasteiger partial charge in [0.25, 0.3) is 5.91 Å². The normalized spacial score (nSPS) is 17.3. The number of hydrogen-bond donors (Lipinski definition) is 1. The third-order valence-corrected chi connectivity index (χ3v) is 5.41. The van der Waals surface area contributed by atoms with E-state index in [0.717, 1.165) is 35.4 Å². The molecule has 1 aliphatic carbocycles. The highest BCUT2D eigenvalue weighted by molar-refractivity contribution is 7.14. The third-order valence-electron chi connectivity index (χ3n) is 4.25. The van der Waals surface area contributed by atoms with E-state index < -0.39 is 0 Å². The van der Waals surface area contributed by atoms with Crippen molar-refractivity contribution < 1.29 is 9.53 Å². The van der Waals surface area contributed by atoms with Crippen molar-refractivity contribution in [3.63, 3.8) is 0 Å². The van der Waals surface area contributed by atoms with E-state index in [0.29, 0.717) is 0 Å². The van der Waals surface area contributed by atoms with Crippen molar-refractivity contribution in [2.45, 2.75) is 32.0 Å². The molecule has 0 saturated heterocycles. The molecule has 1 aromatic heterocycles. The fourth-order valence-electron chi connectivity index (χ4n) is 2.87. The first-order valence-corrected chi connectivity index (χ1v) is 8.35. The van der Waals surface area contributed by atoms with Gasteiger partial charge in [-0.1, -0.05) is 0 Å². The molecule has 2 aliphatic rings. The Labute approximate surface area is 133 Å². The summed E-state index contributed by atoms with van der Waals surface area (Å²) in [5.74, 6) is 0.760. The van der Waals surface area contributed by atoms with Gasteiger partial charge in [0.1, 0.15) is 5.75 Å². The average molecular weight is 314 g/mol. The van der Waals surface area contributed by atoms with Crippen molar-refractivity contribution >= 4 is 22.9 Å². The van der Waals surface area contributed by atoms with Crippen LogP contribution in [-0.2, 0) is 13.1 Å². The number of fused-ring (bicyclic) bond motifs is 1. The molecule has 22 heavy (non-hydrogen) atoms. The van der Waals surface area contributed by atoms with Crippen LogP contribution in [0, 0.1) is 0 Å². The Morgan fingerprint density at radius 3 is 2.68 bits per heavy atom. The first-order chi connectivity index (χ1) is 10.7. The molecule has 4 nitrogen and oxygen atoms in total. The molecule has 4 rings (SSSR count). The fourth-order valence-corrected chi connectivity index (χ4v) is 3.97. The van der Waals surface area contributed by atoms with E-state index in [1.807, 2.05) is 24.3 Å². The molecule has 1 amide bonds. The summed E-state index contributed by atoms with van der Waals surface area (Å²) >= 11 is 1.63. The molecule has 1 aliphatic heterocycles. The molecular weight excluding hydrogens is 296 g/mol. The van der Waals surface area contributed by atoms with Crippen LogP contribution in [0.3, 0.4) is 0 Å². The summed E-state index contributed by atoms with van der Waals surface area (Å²) in [5, 5.41) is 2.95. The van der Waals surface area contributed by atoms with E-state index in [9.17, 15) is 4.79 Å². The zero-order chi connectivity index (χ0) is 15.1. The molecule has 0 atom stereocenters. The highest BCUT2D eigenvalue weighted by Crippen LogP contribution is 2.38. The summed E-state index contributed by atoms with van der Waals surface area (Å²) in [6.45, 7) is 2.02. The monoisotopic (exact) mass is 314 g/mol. The van der Waals surface area contributed by atoms with E-state index in [4.69, 9.17) is 4.74 Å². The first kappa shape index (κ1) is 13.8. The van der Waals surface area contributed by atoms with Gasteiger partial charge in [-0.2, -0.15) is 0 Å². The van der Waals surface area contributed by atoms with Gasteiger partial charge in [-0.05, 0) is 48.7 Å². The smallest absolute Gasteiger partial charge is 0.265 e. The molecule has 1 saturated carbocycles. The number of amides is 1. The van der Waals surface area contributed by atoms with E-state index in [1.54, 1.807) is 18.4 Å². The maximum atomic E-state index is 12.4. The van der Waals surface area contributed by atoms with Crippen molar-refractivity contribution in [2.75, 3.05) is 12.4 Å². The Hall–Kier alpha value is -1.85. The largest absolute Gasteiger partial charge is 0.497 e. The lowest BCUT2D eigenvalue weighted by atomic mass is 10.2. The van der Waals surface area contributed by atoms with Crippen LogP contribution in [0.1, 0.15) is 33.0 Å². The molecule has 0 radical (unpaired) electrons. The van der Waals surface area contributed by atoms with Gasteiger partial charge in [0.2, 0.25) is 0 Å². The van der Waals surface area contributed by atoms with Crippen LogP contribution in [-0.4, -0.2) is 24.0 Å². The predicted octanol–water partition coefficient (Wildman–Crippen LogP) is 3.49. The molecule has 5 heteroatoms. The Balaban J connectivity index is 1.44. The molecule has 1 N–H and O–H groups in total. The van der Waals surface area contributed by atoms with E-state index in [-0.39, 0.29) is 5.91 Å². The van der Waals surface area contributed by atoms with Crippen LogP contribution in [0.25, 0.3) is 0 Å². The number of nitrogens with one attached hydrogen (secondary N) is 1. The number of hydrogen-bond acceptors (Lipinski definition) is 4. The highest BCUT2D eigenvalue weighted by Gasteiger charge is 2.34. The molecule has 0 bridgehead atoms. The van der Waals surface area contributed by atoms with Gasteiger partial charge < -0.3 is 10.1 Å². The van der Waals surface area contributed by atoms with Gasteiger partial charge in [-0.3, -0.25) is 9.69 Å². The maximum absolute atomic E-state index is 12.4. The Morgan fingerprint density at radius 2 is 2.05 bits per heavy atom.